The second-order valence-electron chi connectivity index (χ2n) is 6.63. The molecule has 3 aliphatic rings. The Kier molecular flexibility index (Phi) is 6.47. The Balaban J connectivity index is 2.02. The fraction of sp³-hybridized carbons (Fsp3) is 0.778. The summed E-state index contributed by atoms with van der Waals surface area (Å²) in [5.41, 5.74) is 0. The maximum Gasteiger partial charge on any atom is 0.224 e. The first kappa shape index (κ1) is 17.0. The number of nitrogens with one attached hydrogen (secondary N) is 2. The molecule has 22 heavy (non-hydrogen) atoms. The van der Waals surface area contributed by atoms with E-state index in [1.165, 1.54) is 0 Å². The number of hydrogen-bond donors (Lipinski definition) is 2. The van der Waals surface area contributed by atoms with Crippen LogP contribution in [0.3, 0.4) is 0 Å². The molecule has 1 saturated carbocycles. The first-order chi connectivity index (χ1) is 10.7. The molecule has 2 bridgehead atoms. The van der Waals surface area contributed by atoms with Gasteiger partial charge in [0.15, 0.2) is 0 Å². The molecule has 0 spiro atoms. The molecular formula is C18H30N2O2. The van der Waals surface area contributed by atoms with Gasteiger partial charge in [-0.2, -0.15) is 0 Å². The third kappa shape index (κ3) is 3.90. The van der Waals surface area contributed by atoms with Crippen molar-refractivity contribution in [2.75, 3.05) is 13.1 Å². The normalized spacial score (nSPS) is 29.4. The molecule has 3 rings (SSSR count). The van der Waals surface area contributed by atoms with Gasteiger partial charge in [0.05, 0.1) is 11.8 Å². The number of allylic oxidation sites excluding steroid dienone is 2. The number of carbonyl (C=O) groups excluding carboxylic acids is 2. The molecule has 0 aromatic rings. The first-order valence-electron chi connectivity index (χ1n) is 8.92. The van der Waals surface area contributed by atoms with Gasteiger partial charge in [0.25, 0.3) is 0 Å². The van der Waals surface area contributed by atoms with Crippen LogP contribution in [0.1, 0.15) is 52.4 Å². The molecule has 4 atom stereocenters. The zero-order valence-corrected chi connectivity index (χ0v) is 13.9. The second kappa shape index (κ2) is 8.35. The summed E-state index contributed by atoms with van der Waals surface area (Å²) in [4.78, 5) is 25.2. The Bertz CT molecular complexity index is 381. The standard InChI is InChI=1S/C18H30N2O2/c1-3-5-11-19-17(21)15-13-7-9-14(10-8-13)16(15)18(22)20-12-6-4-2/h7,9,13-16H,3-6,8,10-12H2,1-2H3,(H,19,21)(H,20,22)/t13-,14+,15-,16-/m0/s1. The van der Waals surface area contributed by atoms with Crippen LogP contribution in [0.15, 0.2) is 12.2 Å². The van der Waals surface area contributed by atoms with Crippen molar-refractivity contribution in [1.82, 2.24) is 10.6 Å². The summed E-state index contributed by atoms with van der Waals surface area (Å²) in [6, 6.07) is 0. The van der Waals surface area contributed by atoms with Gasteiger partial charge in [0.1, 0.15) is 0 Å². The average Bonchev–Trinajstić information content (AvgIpc) is 2.55. The Morgan fingerprint density at radius 1 is 0.864 bits per heavy atom. The molecule has 0 saturated heterocycles. The van der Waals surface area contributed by atoms with E-state index in [1.54, 1.807) is 0 Å². The maximum atomic E-state index is 12.6. The van der Waals surface area contributed by atoms with Crippen molar-refractivity contribution in [2.24, 2.45) is 23.7 Å². The maximum absolute atomic E-state index is 12.6. The Labute approximate surface area is 134 Å². The lowest BCUT2D eigenvalue weighted by molar-refractivity contribution is -0.140. The lowest BCUT2D eigenvalue weighted by atomic mass is 9.61. The minimum atomic E-state index is -0.178. The molecular weight excluding hydrogens is 276 g/mol. The third-order valence-corrected chi connectivity index (χ3v) is 5.01. The van der Waals surface area contributed by atoms with E-state index < -0.39 is 0 Å². The summed E-state index contributed by atoms with van der Waals surface area (Å²) in [7, 11) is 0. The predicted octanol–water partition coefficient (Wildman–Crippen LogP) is 2.65. The number of rotatable bonds is 8. The lowest BCUT2D eigenvalue weighted by Crippen LogP contribution is -2.52. The highest BCUT2D eigenvalue weighted by atomic mass is 16.2. The molecule has 2 amide bonds. The van der Waals surface area contributed by atoms with Crippen molar-refractivity contribution >= 4 is 11.8 Å². The SMILES string of the molecule is CCCCNC(=O)[C@@H]1[C@@H](C(=O)NCCCC)[C@H]2C=C[C@@H]1CC2. The van der Waals surface area contributed by atoms with E-state index in [-0.39, 0.29) is 35.5 Å². The molecule has 0 heterocycles. The molecule has 2 N–H and O–H groups in total. The summed E-state index contributed by atoms with van der Waals surface area (Å²) in [5.74, 6) is 0.248. The minimum Gasteiger partial charge on any atom is -0.356 e. The van der Waals surface area contributed by atoms with Gasteiger partial charge in [-0.3, -0.25) is 9.59 Å². The molecule has 4 heteroatoms. The van der Waals surface area contributed by atoms with E-state index in [9.17, 15) is 9.59 Å². The summed E-state index contributed by atoms with van der Waals surface area (Å²) in [6.45, 7) is 5.66. The van der Waals surface area contributed by atoms with Gasteiger partial charge in [-0.15, -0.1) is 0 Å². The average molecular weight is 306 g/mol. The van der Waals surface area contributed by atoms with Crippen molar-refractivity contribution in [3.8, 4) is 0 Å². The van der Waals surface area contributed by atoms with Gasteiger partial charge in [-0.1, -0.05) is 38.8 Å². The van der Waals surface area contributed by atoms with E-state index in [0.717, 1.165) is 51.6 Å². The largest absolute Gasteiger partial charge is 0.356 e. The fourth-order valence-electron chi connectivity index (χ4n) is 3.72. The van der Waals surface area contributed by atoms with Gasteiger partial charge < -0.3 is 10.6 Å². The monoisotopic (exact) mass is 306 g/mol. The van der Waals surface area contributed by atoms with E-state index in [4.69, 9.17) is 0 Å². The van der Waals surface area contributed by atoms with Gasteiger partial charge in [0.2, 0.25) is 11.8 Å². The van der Waals surface area contributed by atoms with Gasteiger partial charge in [0, 0.05) is 13.1 Å². The Hall–Kier alpha value is -1.32. The highest BCUT2D eigenvalue weighted by Gasteiger charge is 2.47. The zero-order chi connectivity index (χ0) is 15.9. The molecule has 0 aromatic carbocycles. The van der Waals surface area contributed by atoms with Crippen molar-refractivity contribution in [2.45, 2.75) is 52.4 Å². The van der Waals surface area contributed by atoms with Crippen LogP contribution in [-0.4, -0.2) is 24.9 Å². The van der Waals surface area contributed by atoms with Gasteiger partial charge in [-0.25, -0.2) is 0 Å². The topological polar surface area (TPSA) is 58.2 Å². The number of fused-ring (bicyclic) bond motifs is 2. The van der Waals surface area contributed by atoms with Crippen LogP contribution in [0.2, 0.25) is 0 Å². The van der Waals surface area contributed by atoms with Crippen LogP contribution in [0, 0.1) is 23.7 Å². The van der Waals surface area contributed by atoms with Crippen LogP contribution in [-0.2, 0) is 9.59 Å². The lowest BCUT2D eigenvalue weighted by Gasteiger charge is -2.43. The highest BCUT2D eigenvalue weighted by molar-refractivity contribution is 5.89. The predicted molar refractivity (Wildman–Crippen MR) is 88.2 cm³/mol. The van der Waals surface area contributed by atoms with Crippen molar-refractivity contribution in [3.05, 3.63) is 12.2 Å². The van der Waals surface area contributed by atoms with Gasteiger partial charge in [-0.05, 0) is 37.5 Å². The zero-order valence-electron chi connectivity index (χ0n) is 13.9. The molecule has 124 valence electrons. The van der Waals surface area contributed by atoms with E-state index >= 15 is 0 Å². The molecule has 4 nitrogen and oxygen atoms in total. The summed E-state index contributed by atoms with van der Waals surface area (Å²) < 4.78 is 0. The summed E-state index contributed by atoms with van der Waals surface area (Å²) in [6.07, 6.45) is 10.5. The quantitative estimate of drug-likeness (QED) is 0.535. The van der Waals surface area contributed by atoms with Crippen LogP contribution >= 0.6 is 0 Å². The third-order valence-electron chi connectivity index (χ3n) is 5.01. The molecule has 1 fully saturated rings. The summed E-state index contributed by atoms with van der Waals surface area (Å²) >= 11 is 0. The van der Waals surface area contributed by atoms with E-state index in [0.29, 0.717) is 0 Å². The molecule has 0 aliphatic heterocycles. The number of unbranched alkanes of at least 4 members (excludes halogenated alkanes) is 2. The Morgan fingerprint density at radius 3 is 1.59 bits per heavy atom. The van der Waals surface area contributed by atoms with E-state index in [2.05, 4.69) is 36.6 Å². The molecule has 0 radical (unpaired) electrons. The molecule has 3 aliphatic carbocycles. The first-order valence-corrected chi connectivity index (χ1v) is 8.92. The van der Waals surface area contributed by atoms with E-state index in [1.807, 2.05) is 0 Å². The summed E-state index contributed by atoms with van der Waals surface area (Å²) in [5, 5.41) is 6.07. The van der Waals surface area contributed by atoms with Crippen LogP contribution < -0.4 is 10.6 Å². The smallest absolute Gasteiger partial charge is 0.224 e. The van der Waals surface area contributed by atoms with Gasteiger partial charge >= 0.3 is 0 Å². The Morgan fingerprint density at radius 2 is 1.27 bits per heavy atom. The van der Waals surface area contributed by atoms with Crippen LogP contribution in [0.25, 0.3) is 0 Å². The fourth-order valence-corrected chi connectivity index (χ4v) is 3.72. The van der Waals surface area contributed by atoms with Crippen molar-refractivity contribution in [3.63, 3.8) is 0 Å². The van der Waals surface area contributed by atoms with Crippen LogP contribution in [0.4, 0.5) is 0 Å². The van der Waals surface area contributed by atoms with Crippen molar-refractivity contribution in [1.29, 1.82) is 0 Å². The number of amides is 2. The van der Waals surface area contributed by atoms with Crippen LogP contribution in [0.5, 0.6) is 0 Å². The number of hydrogen-bond acceptors (Lipinski definition) is 2. The highest BCUT2D eigenvalue weighted by Crippen LogP contribution is 2.45. The van der Waals surface area contributed by atoms with Crippen molar-refractivity contribution < 1.29 is 9.59 Å². The second-order valence-corrected chi connectivity index (χ2v) is 6.63. The molecule has 0 aromatic heterocycles. The minimum absolute atomic E-state index is 0.0724. The number of carbonyl (C=O) groups is 2. The molecule has 0 unspecified atom stereocenters.